The Bertz CT molecular complexity index is 383. The molecule has 0 saturated heterocycles. The Morgan fingerprint density at radius 1 is 1.29 bits per heavy atom. The third kappa shape index (κ3) is 4.07. The van der Waals surface area contributed by atoms with Crippen molar-refractivity contribution in [2.75, 3.05) is 19.2 Å². The quantitative estimate of drug-likeness (QED) is 0.793. The van der Waals surface area contributed by atoms with Crippen LogP contribution in [0.5, 0.6) is 0 Å². The monoisotopic (exact) mass is 236 g/mol. The molecule has 94 valence electrons. The molecule has 1 aromatic rings. The Morgan fingerprint density at radius 2 is 1.94 bits per heavy atom. The molecule has 4 heteroatoms. The van der Waals surface area contributed by atoms with E-state index in [1.165, 1.54) is 7.11 Å². The van der Waals surface area contributed by atoms with E-state index < -0.39 is 0 Å². The van der Waals surface area contributed by atoms with Gasteiger partial charge in [-0.25, -0.2) is 4.79 Å². The van der Waals surface area contributed by atoms with Gasteiger partial charge in [-0.2, -0.15) is 0 Å². The number of nitrogens with one attached hydrogen (secondary N) is 2. The Morgan fingerprint density at radius 3 is 2.53 bits per heavy atom. The lowest BCUT2D eigenvalue weighted by Crippen LogP contribution is -2.31. The summed E-state index contributed by atoms with van der Waals surface area (Å²) in [7, 11) is 1.53. The number of rotatable bonds is 3. The van der Waals surface area contributed by atoms with Gasteiger partial charge in [-0.1, -0.05) is 39.0 Å². The predicted octanol–water partition coefficient (Wildman–Crippen LogP) is 2.71. The first-order valence-corrected chi connectivity index (χ1v) is 5.58. The van der Waals surface area contributed by atoms with Gasteiger partial charge < -0.3 is 15.4 Å². The molecule has 0 fully saturated rings. The van der Waals surface area contributed by atoms with Gasteiger partial charge in [0.15, 0.2) is 0 Å². The molecule has 2 amide bonds. The van der Waals surface area contributed by atoms with E-state index in [2.05, 4.69) is 31.4 Å². The van der Waals surface area contributed by atoms with Gasteiger partial charge in [0.2, 0.25) is 0 Å². The van der Waals surface area contributed by atoms with Crippen molar-refractivity contribution in [3.8, 4) is 0 Å². The fraction of sp³-hybridized carbons (Fsp3) is 0.462. The van der Waals surface area contributed by atoms with Crippen LogP contribution in [0.1, 0.15) is 26.3 Å². The highest BCUT2D eigenvalue weighted by atomic mass is 16.5. The zero-order valence-corrected chi connectivity index (χ0v) is 10.8. The third-order valence-electron chi connectivity index (χ3n) is 2.36. The average molecular weight is 236 g/mol. The van der Waals surface area contributed by atoms with E-state index in [1.807, 2.05) is 24.3 Å². The number of urea groups is 1. The highest BCUT2D eigenvalue weighted by molar-refractivity contribution is 5.90. The molecule has 0 aromatic heterocycles. The number of ether oxygens (including phenoxy) is 1. The zero-order valence-electron chi connectivity index (χ0n) is 10.8. The number of carbonyl (C=O) groups is 1. The van der Waals surface area contributed by atoms with Gasteiger partial charge in [-0.3, -0.25) is 0 Å². The standard InChI is InChI=1S/C13H20N2O2/c1-13(2,3)10-7-5-6-8-11(10)15-12(16)14-9-17-4/h5-8H,9H2,1-4H3,(H2,14,15,16). The second-order valence-corrected chi connectivity index (χ2v) is 4.86. The number of carbonyl (C=O) groups excluding carboxylic acids is 1. The van der Waals surface area contributed by atoms with Crippen molar-refractivity contribution in [3.63, 3.8) is 0 Å². The van der Waals surface area contributed by atoms with Crippen LogP contribution >= 0.6 is 0 Å². The van der Waals surface area contributed by atoms with Gasteiger partial charge in [0, 0.05) is 12.8 Å². The molecule has 0 bridgehead atoms. The Labute approximate surface area is 102 Å². The Hall–Kier alpha value is -1.55. The van der Waals surface area contributed by atoms with Gasteiger partial charge in [0.25, 0.3) is 0 Å². The minimum absolute atomic E-state index is 0.00880. The summed E-state index contributed by atoms with van der Waals surface area (Å²) in [6, 6.07) is 7.53. The zero-order chi connectivity index (χ0) is 12.9. The van der Waals surface area contributed by atoms with E-state index >= 15 is 0 Å². The van der Waals surface area contributed by atoms with Gasteiger partial charge in [0.05, 0.1) is 0 Å². The van der Waals surface area contributed by atoms with E-state index in [0.29, 0.717) is 0 Å². The second kappa shape index (κ2) is 5.68. The van der Waals surface area contributed by atoms with Crippen LogP contribution in [0.25, 0.3) is 0 Å². The fourth-order valence-electron chi connectivity index (χ4n) is 1.55. The van der Waals surface area contributed by atoms with Crippen LogP contribution in [0.15, 0.2) is 24.3 Å². The molecule has 1 rings (SSSR count). The topological polar surface area (TPSA) is 50.4 Å². The minimum atomic E-state index is -0.261. The van der Waals surface area contributed by atoms with E-state index in [1.54, 1.807) is 0 Å². The summed E-state index contributed by atoms with van der Waals surface area (Å²) in [6.07, 6.45) is 0. The molecule has 0 aliphatic rings. The highest BCUT2D eigenvalue weighted by Gasteiger charge is 2.18. The predicted molar refractivity (Wildman–Crippen MR) is 69.2 cm³/mol. The molecule has 0 aliphatic heterocycles. The summed E-state index contributed by atoms with van der Waals surface area (Å²) in [6.45, 7) is 6.53. The minimum Gasteiger partial charge on any atom is -0.364 e. The van der Waals surface area contributed by atoms with E-state index in [-0.39, 0.29) is 18.2 Å². The molecule has 0 aliphatic carbocycles. The lowest BCUT2D eigenvalue weighted by atomic mass is 9.86. The van der Waals surface area contributed by atoms with Crippen LogP contribution in [0.4, 0.5) is 10.5 Å². The van der Waals surface area contributed by atoms with Gasteiger partial charge in [0.1, 0.15) is 6.73 Å². The summed E-state index contributed by atoms with van der Waals surface area (Å²) in [5, 5.41) is 5.41. The molecule has 1 aromatic carbocycles. The van der Waals surface area contributed by atoms with Crippen molar-refractivity contribution in [1.82, 2.24) is 5.32 Å². The highest BCUT2D eigenvalue weighted by Crippen LogP contribution is 2.28. The number of benzene rings is 1. The fourth-order valence-corrected chi connectivity index (χ4v) is 1.55. The van der Waals surface area contributed by atoms with E-state index in [9.17, 15) is 4.79 Å². The van der Waals surface area contributed by atoms with Crippen molar-refractivity contribution < 1.29 is 9.53 Å². The number of hydrogen-bond donors (Lipinski definition) is 2. The third-order valence-corrected chi connectivity index (χ3v) is 2.36. The number of methoxy groups -OCH3 is 1. The maximum Gasteiger partial charge on any atom is 0.321 e. The number of anilines is 1. The first-order valence-electron chi connectivity index (χ1n) is 5.58. The number of hydrogen-bond acceptors (Lipinski definition) is 2. The van der Waals surface area contributed by atoms with Crippen LogP contribution in [0.2, 0.25) is 0 Å². The number of amides is 2. The molecule has 0 unspecified atom stereocenters. The molecule has 0 saturated carbocycles. The molecular weight excluding hydrogens is 216 g/mol. The molecule has 0 heterocycles. The van der Waals surface area contributed by atoms with Gasteiger partial charge in [-0.15, -0.1) is 0 Å². The van der Waals surface area contributed by atoms with Crippen LogP contribution in [-0.4, -0.2) is 19.9 Å². The van der Waals surface area contributed by atoms with Crippen molar-refractivity contribution >= 4 is 11.7 Å². The van der Waals surface area contributed by atoms with Crippen molar-refractivity contribution in [1.29, 1.82) is 0 Å². The smallest absolute Gasteiger partial charge is 0.321 e. The maximum atomic E-state index is 11.5. The molecular formula is C13H20N2O2. The molecule has 2 N–H and O–H groups in total. The van der Waals surface area contributed by atoms with Crippen LogP contribution in [0.3, 0.4) is 0 Å². The molecule has 0 spiro atoms. The molecule has 17 heavy (non-hydrogen) atoms. The summed E-state index contributed by atoms with van der Waals surface area (Å²) in [4.78, 5) is 11.5. The Kier molecular flexibility index (Phi) is 4.52. The van der Waals surface area contributed by atoms with Gasteiger partial charge >= 0.3 is 6.03 Å². The second-order valence-electron chi connectivity index (χ2n) is 4.86. The lowest BCUT2D eigenvalue weighted by Gasteiger charge is -2.23. The average Bonchev–Trinajstić information content (AvgIpc) is 2.25. The SMILES string of the molecule is COCNC(=O)Nc1ccccc1C(C)(C)C. The number of para-hydroxylation sites is 1. The molecule has 4 nitrogen and oxygen atoms in total. The first-order chi connectivity index (χ1) is 7.95. The van der Waals surface area contributed by atoms with Crippen LogP contribution < -0.4 is 10.6 Å². The maximum absolute atomic E-state index is 11.5. The summed E-state index contributed by atoms with van der Waals surface area (Å²) in [5.74, 6) is 0. The van der Waals surface area contributed by atoms with Gasteiger partial charge in [-0.05, 0) is 17.0 Å². The summed E-state index contributed by atoms with van der Waals surface area (Å²) < 4.78 is 4.78. The molecule has 0 radical (unpaired) electrons. The van der Waals surface area contributed by atoms with Crippen LogP contribution in [-0.2, 0) is 10.2 Å². The first kappa shape index (κ1) is 13.5. The summed E-state index contributed by atoms with van der Waals surface area (Å²) in [5.41, 5.74) is 1.92. The largest absolute Gasteiger partial charge is 0.364 e. The van der Waals surface area contributed by atoms with Crippen molar-refractivity contribution in [2.45, 2.75) is 26.2 Å². The van der Waals surface area contributed by atoms with Crippen LogP contribution in [0, 0.1) is 0 Å². The molecule has 0 atom stereocenters. The Balaban J connectivity index is 2.81. The van der Waals surface area contributed by atoms with E-state index in [0.717, 1.165) is 11.3 Å². The normalized spacial score (nSPS) is 11.1. The lowest BCUT2D eigenvalue weighted by molar-refractivity contribution is 0.177. The van der Waals surface area contributed by atoms with Crippen molar-refractivity contribution in [2.24, 2.45) is 0 Å². The summed E-state index contributed by atoms with van der Waals surface area (Å²) >= 11 is 0. The van der Waals surface area contributed by atoms with Crippen molar-refractivity contribution in [3.05, 3.63) is 29.8 Å². The van der Waals surface area contributed by atoms with E-state index in [4.69, 9.17) is 4.74 Å².